The first-order chi connectivity index (χ1) is 9.06. The van der Waals surface area contributed by atoms with E-state index >= 15 is 0 Å². The maximum Gasteiger partial charge on any atom is 0.153 e. The summed E-state index contributed by atoms with van der Waals surface area (Å²) in [4.78, 5) is 11.5. The van der Waals surface area contributed by atoms with Crippen molar-refractivity contribution in [1.29, 1.82) is 0 Å². The van der Waals surface area contributed by atoms with Crippen LogP contribution in [0.15, 0.2) is 54.6 Å². The normalized spacial score (nSPS) is 10.1. The quantitative estimate of drug-likeness (QED) is 0.741. The second-order valence-electron chi connectivity index (χ2n) is 4.90. The lowest BCUT2D eigenvalue weighted by atomic mass is 9.95. The standard InChI is InChI=1S/C18H18O/c1-13-4-8-16(9-5-13)18(12-15(3)19)17-10-6-14(2)7-11-17/h4-12H,1-3H3. The van der Waals surface area contributed by atoms with Gasteiger partial charge in [-0.3, -0.25) is 4.79 Å². The van der Waals surface area contributed by atoms with Crippen LogP contribution >= 0.6 is 0 Å². The molecule has 0 amide bonds. The van der Waals surface area contributed by atoms with Gasteiger partial charge < -0.3 is 0 Å². The average molecular weight is 250 g/mol. The molecule has 96 valence electrons. The molecule has 0 heterocycles. The van der Waals surface area contributed by atoms with Crippen molar-refractivity contribution in [2.24, 2.45) is 0 Å². The highest BCUT2D eigenvalue weighted by atomic mass is 16.1. The lowest BCUT2D eigenvalue weighted by molar-refractivity contribution is -0.112. The second-order valence-corrected chi connectivity index (χ2v) is 4.90. The number of carbonyl (C=O) groups excluding carboxylic acids is 1. The third-order valence-corrected chi connectivity index (χ3v) is 3.07. The number of allylic oxidation sites excluding steroid dienone is 1. The van der Waals surface area contributed by atoms with E-state index in [1.54, 1.807) is 13.0 Å². The van der Waals surface area contributed by atoms with E-state index in [2.05, 4.69) is 62.4 Å². The molecule has 0 spiro atoms. The highest BCUT2D eigenvalue weighted by molar-refractivity contribution is 5.99. The third-order valence-electron chi connectivity index (χ3n) is 3.07. The van der Waals surface area contributed by atoms with E-state index in [9.17, 15) is 4.79 Å². The van der Waals surface area contributed by atoms with Crippen LogP contribution in [0.1, 0.15) is 29.2 Å². The molecule has 0 bridgehead atoms. The summed E-state index contributed by atoms with van der Waals surface area (Å²) in [5, 5.41) is 0. The molecule has 0 saturated heterocycles. The van der Waals surface area contributed by atoms with E-state index in [-0.39, 0.29) is 5.78 Å². The fourth-order valence-electron chi connectivity index (χ4n) is 2.00. The SMILES string of the molecule is CC(=O)C=C(c1ccc(C)cc1)c1ccc(C)cc1. The van der Waals surface area contributed by atoms with Crippen LogP contribution in [-0.4, -0.2) is 5.78 Å². The van der Waals surface area contributed by atoms with Gasteiger partial charge in [-0.25, -0.2) is 0 Å². The van der Waals surface area contributed by atoms with Gasteiger partial charge >= 0.3 is 0 Å². The van der Waals surface area contributed by atoms with E-state index in [0.29, 0.717) is 0 Å². The van der Waals surface area contributed by atoms with Crippen molar-refractivity contribution in [1.82, 2.24) is 0 Å². The van der Waals surface area contributed by atoms with Crippen LogP contribution in [0.3, 0.4) is 0 Å². The number of carbonyl (C=O) groups is 1. The van der Waals surface area contributed by atoms with Crippen LogP contribution in [0, 0.1) is 13.8 Å². The molecule has 0 fully saturated rings. The van der Waals surface area contributed by atoms with Crippen molar-refractivity contribution in [3.63, 3.8) is 0 Å². The van der Waals surface area contributed by atoms with Gasteiger partial charge in [0.05, 0.1) is 0 Å². The summed E-state index contributed by atoms with van der Waals surface area (Å²) >= 11 is 0. The van der Waals surface area contributed by atoms with Gasteiger partial charge in [-0.15, -0.1) is 0 Å². The molecule has 0 saturated carbocycles. The van der Waals surface area contributed by atoms with Crippen LogP contribution < -0.4 is 0 Å². The summed E-state index contributed by atoms with van der Waals surface area (Å²) in [6.45, 7) is 5.70. The summed E-state index contributed by atoms with van der Waals surface area (Å²) in [5.74, 6) is 0.0659. The maximum atomic E-state index is 11.5. The highest BCUT2D eigenvalue weighted by Gasteiger charge is 2.06. The smallest absolute Gasteiger partial charge is 0.153 e. The third kappa shape index (κ3) is 3.41. The minimum Gasteiger partial charge on any atom is -0.295 e. The van der Waals surface area contributed by atoms with Crippen molar-refractivity contribution >= 4 is 11.4 Å². The molecule has 0 aliphatic rings. The first kappa shape index (κ1) is 13.3. The first-order valence-corrected chi connectivity index (χ1v) is 6.42. The number of hydrogen-bond donors (Lipinski definition) is 0. The Balaban J connectivity index is 2.50. The molecule has 0 aliphatic carbocycles. The fraction of sp³-hybridized carbons (Fsp3) is 0.167. The first-order valence-electron chi connectivity index (χ1n) is 6.42. The summed E-state index contributed by atoms with van der Waals surface area (Å²) < 4.78 is 0. The van der Waals surface area contributed by atoms with Crippen LogP contribution in [0.2, 0.25) is 0 Å². The Morgan fingerprint density at radius 3 is 1.47 bits per heavy atom. The van der Waals surface area contributed by atoms with Crippen molar-refractivity contribution in [3.05, 3.63) is 76.9 Å². The van der Waals surface area contributed by atoms with Gasteiger partial charge in [0.1, 0.15) is 0 Å². The van der Waals surface area contributed by atoms with E-state index < -0.39 is 0 Å². The number of hydrogen-bond acceptors (Lipinski definition) is 1. The monoisotopic (exact) mass is 250 g/mol. The molecule has 1 nitrogen and oxygen atoms in total. The molecule has 0 aromatic heterocycles. The number of rotatable bonds is 3. The Morgan fingerprint density at radius 2 is 1.16 bits per heavy atom. The molecule has 0 aliphatic heterocycles. The van der Waals surface area contributed by atoms with Crippen LogP contribution in [0.25, 0.3) is 5.57 Å². The topological polar surface area (TPSA) is 17.1 Å². The Bertz CT molecular complexity index is 554. The molecule has 19 heavy (non-hydrogen) atoms. The van der Waals surface area contributed by atoms with Crippen molar-refractivity contribution in [3.8, 4) is 0 Å². The van der Waals surface area contributed by atoms with Crippen LogP contribution in [0.5, 0.6) is 0 Å². The lowest BCUT2D eigenvalue weighted by Crippen LogP contribution is -1.93. The van der Waals surface area contributed by atoms with Gasteiger partial charge in [0.15, 0.2) is 5.78 Å². The Labute approximate surface area is 114 Å². The van der Waals surface area contributed by atoms with Gasteiger partial charge in [0.25, 0.3) is 0 Å². The molecule has 2 rings (SSSR count). The van der Waals surface area contributed by atoms with Crippen LogP contribution in [-0.2, 0) is 4.79 Å². The number of benzene rings is 2. The average Bonchev–Trinajstić information content (AvgIpc) is 2.38. The van der Waals surface area contributed by atoms with E-state index in [1.165, 1.54) is 11.1 Å². The van der Waals surface area contributed by atoms with Crippen molar-refractivity contribution < 1.29 is 4.79 Å². The van der Waals surface area contributed by atoms with Crippen molar-refractivity contribution in [2.75, 3.05) is 0 Å². The van der Waals surface area contributed by atoms with Gasteiger partial charge in [0.2, 0.25) is 0 Å². The molecule has 0 unspecified atom stereocenters. The predicted octanol–water partition coefficient (Wildman–Crippen LogP) is 4.32. The minimum atomic E-state index is 0.0659. The zero-order valence-corrected chi connectivity index (χ0v) is 11.6. The Hall–Kier alpha value is -2.15. The number of ketones is 1. The predicted molar refractivity (Wildman–Crippen MR) is 80.1 cm³/mol. The highest BCUT2D eigenvalue weighted by Crippen LogP contribution is 2.24. The Morgan fingerprint density at radius 1 is 0.789 bits per heavy atom. The van der Waals surface area contributed by atoms with E-state index in [4.69, 9.17) is 0 Å². The molecule has 0 atom stereocenters. The molecular formula is C18H18O. The summed E-state index contributed by atoms with van der Waals surface area (Å²) in [6, 6.07) is 16.5. The molecule has 0 N–H and O–H groups in total. The van der Waals surface area contributed by atoms with Gasteiger partial charge in [-0.05, 0) is 43.5 Å². The molecular weight excluding hydrogens is 232 g/mol. The van der Waals surface area contributed by atoms with Crippen molar-refractivity contribution in [2.45, 2.75) is 20.8 Å². The van der Waals surface area contributed by atoms with E-state index in [0.717, 1.165) is 16.7 Å². The molecule has 0 radical (unpaired) electrons. The summed E-state index contributed by atoms with van der Waals surface area (Å²) in [5.41, 5.74) is 5.56. The maximum absolute atomic E-state index is 11.5. The lowest BCUT2D eigenvalue weighted by Gasteiger charge is -2.09. The fourth-order valence-corrected chi connectivity index (χ4v) is 2.00. The summed E-state index contributed by atoms with van der Waals surface area (Å²) in [7, 11) is 0. The van der Waals surface area contributed by atoms with E-state index in [1.807, 2.05) is 0 Å². The second kappa shape index (κ2) is 5.66. The Kier molecular flexibility index (Phi) is 3.96. The summed E-state index contributed by atoms with van der Waals surface area (Å²) in [6.07, 6.45) is 1.70. The zero-order valence-electron chi connectivity index (χ0n) is 11.6. The molecule has 1 heteroatoms. The molecule has 2 aromatic rings. The zero-order chi connectivity index (χ0) is 13.8. The van der Waals surface area contributed by atoms with Crippen LogP contribution in [0.4, 0.5) is 0 Å². The van der Waals surface area contributed by atoms with Gasteiger partial charge in [-0.1, -0.05) is 59.7 Å². The largest absolute Gasteiger partial charge is 0.295 e. The van der Waals surface area contributed by atoms with Gasteiger partial charge in [0, 0.05) is 0 Å². The minimum absolute atomic E-state index is 0.0659. The van der Waals surface area contributed by atoms with Gasteiger partial charge in [-0.2, -0.15) is 0 Å². The number of aryl methyl sites for hydroxylation is 2. The molecule has 2 aromatic carbocycles.